The fourth-order valence-electron chi connectivity index (χ4n) is 1.06. The normalized spacial score (nSPS) is 9.67. The van der Waals surface area contributed by atoms with Crippen LogP contribution in [0, 0.1) is 10.1 Å². The number of nitrogens with zero attached hydrogens (tertiary/aromatic N) is 2. The Labute approximate surface area is 85.9 Å². The predicted octanol–water partition coefficient (Wildman–Crippen LogP) is 0.370. The lowest BCUT2D eigenvalue weighted by molar-refractivity contribution is -0.384. The minimum Gasteiger partial charge on any atom is -0.530 e. The van der Waals surface area contributed by atoms with E-state index in [-0.39, 0.29) is 12.2 Å². The molecule has 0 aliphatic rings. The zero-order valence-corrected chi connectivity index (χ0v) is 8.04. The van der Waals surface area contributed by atoms with E-state index in [1.54, 1.807) is 0 Å². The summed E-state index contributed by atoms with van der Waals surface area (Å²) < 4.78 is 0. The SMILES string of the molecule is CN(Cc1ccc([N+](=O)[O-])cc1)C(=O)[O-]. The number of hydrogen-bond donors (Lipinski definition) is 0. The number of benzene rings is 1. The number of carbonyl (C=O) groups is 1. The van der Waals surface area contributed by atoms with Crippen LogP contribution in [0.5, 0.6) is 0 Å². The Balaban J connectivity index is 2.72. The number of nitro benzene ring substituents is 1. The Morgan fingerprint density at radius 3 is 2.33 bits per heavy atom. The van der Waals surface area contributed by atoms with Crippen molar-refractivity contribution in [2.75, 3.05) is 7.05 Å². The molecule has 0 saturated heterocycles. The number of carboxylic acid groups (broad SMARTS) is 1. The van der Waals surface area contributed by atoms with Gasteiger partial charge in [-0.1, -0.05) is 12.1 Å². The highest BCUT2D eigenvalue weighted by molar-refractivity contribution is 5.62. The van der Waals surface area contributed by atoms with Gasteiger partial charge in [-0.2, -0.15) is 0 Å². The maximum absolute atomic E-state index is 10.4. The quantitative estimate of drug-likeness (QED) is 0.531. The van der Waals surface area contributed by atoms with Crippen molar-refractivity contribution in [3.63, 3.8) is 0 Å². The highest BCUT2D eigenvalue weighted by atomic mass is 16.6. The minimum absolute atomic E-state index is 0.0187. The van der Waals surface area contributed by atoms with Gasteiger partial charge in [-0.15, -0.1) is 0 Å². The summed E-state index contributed by atoms with van der Waals surface area (Å²) in [5.74, 6) is 0. The minimum atomic E-state index is -1.28. The molecule has 1 aromatic rings. The first-order valence-corrected chi connectivity index (χ1v) is 4.16. The number of hydrogen-bond acceptors (Lipinski definition) is 4. The Bertz CT molecular complexity index is 374. The van der Waals surface area contributed by atoms with Gasteiger partial charge in [-0.3, -0.25) is 10.1 Å². The first kappa shape index (κ1) is 11.0. The molecule has 0 N–H and O–H groups in total. The summed E-state index contributed by atoms with van der Waals surface area (Å²) >= 11 is 0. The Kier molecular flexibility index (Phi) is 3.22. The summed E-state index contributed by atoms with van der Waals surface area (Å²) in [5, 5.41) is 20.7. The molecular formula is C9H9N2O4-. The van der Waals surface area contributed by atoms with Crippen molar-refractivity contribution in [3.8, 4) is 0 Å². The summed E-state index contributed by atoms with van der Waals surface area (Å²) in [7, 11) is 1.37. The van der Waals surface area contributed by atoms with E-state index in [0.29, 0.717) is 5.56 Å². The fourth-order valence-corrected chi connectivity index (χ4v) is 1.06. The molecule has 0 atom stereocenters. The van der Waals surface area contributed by atoms with Gasteiger partial charge in [0.05, 0.1) is 4.92 Å². The fraction of sp³-hybridized carbons (Fsp3) is 0.222. The average molecular weight is 209 g/mol. The Morgan fingerprint density at radius 2 is 1.93 bits per heavy atom. The largest absolute Gasteiger partial charge is 0.530 e. The van der Waals surface area contributed by atoms with Gasteiger partial charge in [-0.25, -0.2) is 0 Å². The van der Waals surface area contributed by atoms with Crippen molar-refractivity contribution in [2.24, 2.45) is 0 Å². The molecule has 0 saturated carbocycles. The smallest absolute Gasteiger partial charge is 0.269 e. The summed E-state index contributed by atoms with van der Waals surface area (Å²) in [6.45, 7) is 0.153. The van der Waals surface area contributed by atoms with E-state index in [9.17, 15) is 20.0 Å². The first-order chi connectivity index (χ1) is 7.00. The molecule has 6 heteroatoms. The lowest BCUT2D eigenvalue weighted by atomic mass is 10.2. The second kappa shape index (κ2) is 4.41. The highest BCUT2D eigenvalue weighted by Crippen LogP contribution is 2.12. The molecule has 1 rings (SSSR count). The average Bonchev–Trinajstić information content (AvgIpc) is 2.18. The molecule has 0 aliphatic heterocycles. The standard InChI is InChI=1S/C9H10N2O4/c1-10(9(12)13)6-7-2-4-8(5-3-7)11(14)15/h2-5H,6H2,1H3,(H,12,13)/p-1. The maximum atomic E-state index is 10.4. The maximum Gasteiger partial charge on any atom is 0.269 e. The molecule has 6 nitrogen and oxygen atoms in total. The van der Waals surface area contributed by atoms with Gasteiger partial charge >= 0.3 is 0 Å². The highest BCUT2D eigenvalue weighted by Gasteiger charge is 2.05. The van der Waals surface area contributed by atoms with Crippen LogP contribution in [0.4, 0.5) is 10.5 Å². The molecule has 15 heavy (non-hydrogen) atoms. The van der Waals surface area contributed by atoms with Crippen molar-refractivity contribution in [1.29, 1.82) is 0 Å². The van der Waals surface area contributed by atoms with Crippen LogP contribution < -0.4 is 5.11 Å². The summed E-state index contributed by atoms with van der Waals surface area (Å²) in [4.78, 5) is 21.2. The van der Waals surface area contributed by atoms with E-state index in [0.717, 1.165) is 4.90 Å². The molecule has 0 radical (unpaired) electrons. The van der Waals surface area contributed by atoms with E-state index in [4.69, 9.17) is 0 Å². The third-order valence-corrected chi connectivity index (χ3v) is 1.88. The van der Waals surface area contributed by atoms with E-state index in [2.05, 4.69) is 0 Å². The second-order valence-electron chi connectivity index (χ2n) is 3.05. The van der Waals surface area contributed by atoms with Crippen LogP contribution >= 0.6 is 0 Å². The predicted molar refractivity (Wildman–Crippen MR) is 50.0 cm³/mol. The van der Waals surface area contributed by atoms with Gasteiger partial charge in [0.2, 0.25) is 0 Å². The van der Waals surface area contributed by atoms with Crippen molar-refractivity contribution in [2.45, 2.75) is 6.54 Å². The number of carbonyl (C=O) groups excluding carboxylic acids is 1. The number of non-ortho nitro benzene ring substituents is 1. The van der Waals surface area contributed by atoms with Gasteiger partial charge in [0, 0.05) is 25.7 Å². The van der Waals surface area contributed by atoms with Crippen LogP contribution in [-0.2, 0) is 6.54 Å². The number of rotatable bonds is 3. The molecular weight excluding hydrogens is 200 g/mol. The van der Waals surface area contributed by atoms with Gasteiger partial charge in [-0.05, 0) is 5.56 Å². The third-order valence-electron chi connectivity index (χ3n) is 1.88. The molecule has 0 bridgehead atoms. The number of nitro groups is 1. The lowest BCUT2D eigenvalue weighted by Gasteiger charge is -2.19. The molecule has 0 aliphatic carbocycles. The van der Waals surface area contributed by atoms with Crippen LogP contribution in [0.2, 0.25) is 0 Å². The molecule has 1 aromatic carbocycles. The zero-order valence-electron chi connectivity index (χ0n) is 8.04. The van der Waals surface area contributed by atoms with E-state index in [1.807, 2.05) is 0 Å². The lowest BCUT2D eigenvalue weighted by Crippen LogP contribution is -2.37. The van der Waals surface area contributed by atoms with Gasteiger partial charge in [0.1, 0.15) is 6.09 Å². The van der Waals surface area contributed by atoms with Crippen molar-refractivity contribution < 1.29 is 14.8 Å². The topological polar surface area (TPSA) is 86.5 Å². The van der Waals surface area contributed by atoms with Crippen LogP contribution in [-0.4, -0.2) is 23.0 Å². The van der Waals surface area contributed by atoms with Crippen LogP contribution in [0.15, 0.2) is 24.3 Å². The second-order valence-corrected chi connectivity index (χ2v) is 3.05. The molecule has 80 valence electrons. The molecule has 0 spiro atoms. The Hall–Kier alpha value is -2.11. The zero-order chi connectivity index (χ0) is 11.4. The van der Waals surface area contributed by atoms with E-state index >= 15 is 0 Å². The van der Waals surface area contributed by atoms with Gasteiger partial charge < -0.3 is 14.8 Å². The van der Waals surface area contributed by atoms with E-state index in [1.165, 1.54) is 31.3 Å². The molecule has 1 amide bonds. The van der Waals surface area contributed by atoms with Crippen molar-refractivity contribution in [1.82, 2.24) is 4.90 Å². The first-order valence-electron chi connectivity index (χ1n) is 4.16. The van der Waals surface area contributed by atoms with Crippen LogP contribution in [0.25, 0.3) is 0 Å². The summed E-state index contributed by atoms with van der Waals surface area (Å²) in [6.07, 6.45) is -1.28. The van der Waals surface area contributed by atoms with Crippen LogP contribution in [0.3, 0.4) is 0 Å². The molecule has 0 fully saturated rings. The molecule has 0 unspecified atom stereocenters. The summed E-state index contributed by atoms with van der Waals surface area (Å²) in [6, 6.07) is 5.69. The van der Waals surface area contributed by atoms with E-state index < -0.39 is 11.0 Å². The summed E-state index contributed by atoms with van der Waals surface area (Å²) in [5.41, 5.74) is 0.655. The van der Waals surface area contributed by atoms with Crippen molar-refractivity contribution >= 4 is 11.8 Å². The Morgan fingerprint density at radius 1 is 1.40 bits per heavy atom. The van der Waals surface area contributed by atoms with Gasteiger partial charge in [0.15, 0.2) is 0 Å². The number of amides is 1. The van der Waals surface area contributed by atoms with Gasteiger partial charge in [0.25, 0.3) is 5.69 Å². The van der Waals surface area contributed by atoms with Crippen LogP contribution in [0.1, 0.15) is 5.56 Å². The molecule has 0 heterocycles. The molecule has 0 aromatic heterocycles. The monoisotopic (exact) mass is 209 g/mol. The third kappa shape index (κ3) is 2.94. The van der Waals surface area contributed by atoms with Crippen molar-refractivity contribution in [3.05, 3.63) is 39.9 Å².